The van der Waals surface area contributed by atoms with E-state index in [0.29, 0.717) is 0 Å². The van der Waals surface area contributed by atoms with Crippen molar-refractivity contribution < 1.29 is 9.53 Å². The summed E-state index contributed by atoms with van der Waals surface area (Å²) in [5.41, 5.74) is 4.52. The molecule has 0 heterocycles. The number of ether oxygens (including phenoxy) is 1. The molecule has 0 atom stereocenters. The van der Waals surface area contributed by atoms with Crippen molar-refractivity contribution in [3.63, 3.8) is 0 Å². The van der Waals surface area contributed by atoms with E-state index >= 15 is 0 Å². The summed E-state index contributed by atoms with van der Waals surface area (Å²) in [6.45, 7) is 2.17. The normalized spacial score (nSPS) is 11.6. The summed E-state index contributed by atoms with van der Waals surface area (Å²) in [6.07, 6.45) is 7.61. The highest BCUT2D eigenvalue weighted by Crippen LogP contribution is 2.12. The summed E-state index contributed by atoms with van der Waals surface area (Å²) in [4.78, 5) is 10.9. The maximum Gasteiger partial charge on any atom is 0.427 e. The predicted octanol–water partition coefficient (Wildman–Crippen LogP) is 3.99. The van der Waals surface area contributed by atoms with E-state index in [1.54, 1.807) is 6.21 Å². The molecule has 0 aliphatic heterocycles. The lowest BCUT2D eigenvalue weighted by atomic mass is 10.1. The Morgan fingerprint density at radius 3 is 2.70 bits per heavy atom. The molecule has 0 aliphatic carbocycles. The summed E-state index contributed by atoms with van der Waals surface area (Å²) in [7, 11) is 1.31. The summed E-state index contributed by atoms with van der Waals surface area (Å²) in [5, 5.41) is 3.90. The van der Waals surface area contributed by atoms with Crippen LogP contribution in [0.3, 0.4) is 0 Å². The fourth-order valence-electron chi connectivity index (χ4n) is 1.73. The third-order valence-electron chi connectivity index (χ3n) is 2.79. The first kappa shape index (κ1) is 16.0. The number of hydrazone groups is 1. The molecular formula is C16H22N2O2. The Morgan fingerprint density at radius 1 is 1.30 bits per heavy atom. The van der Waals surface area contributed by atoms with Gasteiger partial charge in [0, 0.05) is 0 Å². The Bertz CT molecular complexity index is 453. The highest BCUT2D eigenvalue weighted by molar-refractivity contribution is 5.86. The second-order valence-corrected chi connectivity index (χ2v) is 4.45. The highest BCUT2D eigenvalue weighted by Gasteiger charge is 1.97. The molecule has 0 spiro atoms. The molecule has 4 heteroatoms. The van der Waals surface area contributed by atoms with Crippen LogP contribution in [0.1, 0.15) is 38.2 Å². The SMILES string of the molecule is CCCCCC(/C=N/NC(=O)OC)=C\c1ccccc1. The number of carbonyl (C=O) groups excluding carboxylic acids is 1. The van der Waals surface area contributed by atoms with Gasteiger partial charge in [-0.25, -0.2) is 10.2 Å². The first-order valence-electron chi connectivity index (χ1n) is 6.89. The second-order valence-electron chi connectivity index (χ2n) is 4.45. The molecule has 1 N–H and O–H groups in total. The monoisotopic (exact) mass is 274 g/mol. The van der Waals surface area contributed by atoms with E-state index in [1.165, 1.54) is 20.0 Å². The lowest BCUT2D eigenvalue weighted by molar-refractivity contribution is 0.171. The van der Waals surface area contributed by atoms with Crippen LogP contribution in [-0.4, -0.2) is 19.4 Å². The quantitative estimate of drug-likeness (QED) is 0.464. The minimum atomic E-state index is -0.561. The Labute approximate surface area is 120 Å². The third-order valence-corrected chi connectivity index (χ3v) is 2.79. The van der Waals surface area contributed by atoms with Crippen molar-refractivity contribution in [1.82, 2.24) is 5.43 Å². The Morgan fingerprint density at radius 2 is 2.05 bits per heavy atom. The van der Waals surface area contributed by atoms with E-state index in [2.05, 4.69) is 28.3 Å². The van der Waals surface area contributed by atoms with Gasteiger partial charge in [-0.2, -0.15) is 5.10 Å². The molecule has 1 aromatic rings. The molecule has 0 aromatic heterocycles. The van der Waals surface area contributed by atoms with Crippen LogP contribution in [0, 0.1) is 0 Å². The number of carbonyl (C=O) groups is 1. The van der Waals surface area contributed by atoms with E-state index in [0.717, 1.165) is 24.0 Å². The standard InChI is InChI=1S/C16H22N2O2/c1-3-4-6-11-15(13-17-18-16(19)20-2)12-14-9-7-5-8-10-14/h5,7-10,12-13H,3-4,6,11H2,1-2H3,(H,18,19)/b15-12+,17-13+. The number of allylic oxidation sites excluding steroid dienone is 1. The van der Waals surface area contributed by atoms with Gasteiger partial charge in [0.15, 0.2) is 0 Å². The van der Waals surface area contributed by atoms with Crippen LogP contribution in [0.4, 0.5) is 4.79 Å². The van der Waals surface area contributed by atoms with Crippen molar-refractivity contribution in [1.29, 1.82) is 0 Å². The van der Waals surface area contributed by atoms with Crippen LogP contribution in [0.25, 0.3) is 6.08 Å². The maximum atomic E-state index is 10.9. The molecule has 0 fully saturated rings. The van der Waals surface area contributed by atoms with Crippen molar-refractivity contribution in [3.05, 3.63) is 41.5 Å². The van der Waals surface area contributed by atoms with Crippen LogP contribution in [0.15, 0.2) is 41.0 Å². The highest BCUT2D eigenvalue weighted by atomic mass is 16.5. The van der Waals surface area contributed by atoms with Gasteiger partial charge < -0.3 is 4.74 Å². The topological polar surface area (TPSA) is 50.7 Å². The molecule has 0 radical (unpaired) electrons. The zero-order valence-corrected chi connectivity index (χ0v) is 12.1. The third kappa shape index (κ3) is 6.73. The maximum absolute atomic E-state index is 10.9. The van der Waals surface area contributed by atoms with Gasteiger partial charge in [-0.3, -0.25) is 0 Å². The number of benzene rings is 1. The van der Waals surface area contributed by atoms with Gasteiger partial charge in [0.1, 0.15) is 0 Å². The first-order valence-corrected chi connectivity index (χ1v) is 6.89. The summed E-state index contributed by atoms with van der Waals surface area (Å²) in [5.74, 6) is 0. The van der Waals surface area contributed by atoms with E-state index < -0.39 is 6.09 Å². The fourth-order valence-corrected chi connectivity index (χ4v) is 1.73. The number of nitrogens with zero attached hydrogens (tertiary/aromatic N) is 1. The number of nitrogens with one attached hydrogen (secondary N) is 1. The van der Waals surface area contributed by atoms with E-state index in [1.807, 2.05) is 30.3 Å². The largest absolute Gasteiger partial charge is 0.452 e. The molecule has 1 amide bonds. The number of hydrogen-bond acceptors (Lipinski definition) is 3. The van der Waals surface area contributed by atoms with Crippen molar-refractivity contribution in [2.75, 3.05) is 7.11 Å². The number of hydrogen-bond donors (Lipinski definition) is 1. The molecular weight excluding hydrogens is 252 g/mol. The molecule has 20 heavy (non-hydrogen) atoms. The molecule has 0 saturated carbocycles. The number of methoxy groups -OCH3 is 1. The van der Waals surface area contributed by atoms with Crippen LogP contribution in [0.2, 0.25) is 0 Å². The van der Waals surface area contributed by atoms with Gasteiger partial charge in [-0.1, -0.05) is 56.2 Å². The average molecular weight is 274 g/mol. The summed E-state index contributed by atoms with van der Waals surface area (Å²) in [6, 6.07) is 10.1. The minimum Gasteiger partial charge on any atom is -0.452 e. The predicted molar refractivity (Wildman–Crippen MR) is 82.6 cm³/mol. The molecule has 108 valence electrons. The Balaban J connectivity index is 2.69. The van der Waals surface area contributed by atoms with Crippen molar-refractivity contribution in [2.45, 2.75) is 32.6 Å². The molecule has 1 aromatic carbocycles. The Kier molecular flexibility index (Phi) is 7.80. The summed E-state index contributed by atoms with van der Waals surface area (Å²) >= 11 is 0. The van der Waals surface area contributed by atoms with E-state index in [4.69, 9.17) is 0 Å². The average Bonchev–Trinajstić information content (AvgIpc) is 2.48. The minimum absolute atomic E-state index is 0.561. The zero-order chi connectivity index (χ0) is 14.6. The Hall–Kier alpha value is -2.10. The van der Waals surface area contributed by atoms with Crippen molar-refractivity contribution >= 4 is 18.4 Å². The van der Waals surface area contributed by atoms with Gasteiger partial charge in [0.2, 0.25) is 0 Å². The number of unbranched alkanes of at least 4 members (excludes halogenated alkanes) is 2. The molecule has 0 unspecified atom stereocenters. The van der Waals surface area contributed by atoms with Crippen molar-refractivity contribution in [3.8, 4) is 0 Å². The number of amides is 1. The summed E-state index contributed by atoms with van der Waals surface area (Å²) < 4.78 is 4.47. The molecule has 0 aliphatic rings. The lowest BCUT2D eigenvalue weighted by Crippen LogP contribution is -2.16. The van der Waals surface area contributed by atoms with E-state index in [9.17, 15) is 4.79 Å². The van der Waals surface area contributed by atoms with Crippen LogP contribution in [0.5, 0.6) is 0 Å². The van der Waals surface area contributed by atoms with Crippen LogP contribution in [-0.2, 0) is 4.74 Å². The van der Waals surface area contributed by atoms with Crippen LogP contribution >= 0.6 is 0 Å². The first-order chi connectivity index (χ1) is 9.76. The van der Waals surface area contributed by atoms with Gasteiger partial charge in [0.25, 0.3) is 0 Å². The smallest absolute Gasteiger partial charge is 0.427 e. The van der Waals surface area contributed by atoms with Crippen molar-refractivity contribution in [2.24, 2.45) is 5.10 Å². The van der Waals surface area contributed by atoms with Gasteiger partial charge in [0.05, 0.1) is 13.3 Å². The lowest BCUT2D eigenvalue weighted by Gasteiger charge is -2.02. The molecule has 0 saturated heterocycles. The van der Waals surface area contributed by atoms with E-state index in [-0.39, 0.29) is 0 Å². The van der Waals surface area contributed by atoms with Gasteiger partial charge >= 0.3 is 6.09 Å². The molecule has 0 bridgehead atoms. The van der Waals surface area contributed by atoms with Gasteiger partial charge in [-0.15, -0.1) is 0 Å². The fraction of sp³-hybridized carbons (Fsp3) is 0.375. The molecule has 4 nitrogen and oxygen atoms in total. The zero-order valence-electron chi connectivity index (χ0n) is 12.1. The second kappa shape index (κ2) is 9.78. The molecule has 1 rings (SSSR count). The number of rotatable bonds is 7. The van der Waals surface area contributed by atoms with Gasteiger partial charge in [-0.05, 0) is 24.0 Å². The van der Waals surface area contributed by atoms with Crippen LogP contribution < -0.4 is 5.43 Å².